The van der Waals surface area contributed by atoms with Gasteiger partial charge in [-0.1, -0.05) is 18.2 Å². The van der Waals surface area contributed by atoms with Crippen LogP contribution in [0.1, 0.15) is 16.8 Å². The lowest BCUT2D eigenvalue weighted by Gasteiger charge is -2.30. The number of aromatic nitrogens is 2. The molecule has 3 heterocycles. The Morgan fingerprint density at radius 3 is 2.92 bits per heavy atom. The van der Waals surface area contributed by atoms with Crippen molar-refractivity contribution in [2.24, 2.45) is 0 Å². The van der Waals surface area contributed by atoms with Gasteiger partial charge >= 0.3 is 0 Å². The number of carbonyl (C=O) groups is 1. The summed E-state index contributed by atoms with van der Waals surface area (Å²) in [5.41, 5.74) is 3.69. The average molecular weight is 336 g/mol. The number of amides is 1. The normalized spacial score (nSPS) is 15.6. The molecule has 0 spiro atoms. The van der Waals surface area contributed by atoms with Crippen molar-refractivity contribution in [3.05, 3.63) is 52.7 Å². The summed E-state index contributed by atoms with van der Waals surface area (Å²) in [6, 6.07) is 9.79. The molecule has 0 N–H and O–H groups in total. The molecule has 0 fully saturated rings. The minimum absolute atomic E-state index is 0.0309. The van der Waals surface area contributed by atoms with Crippen molar-refractivity contribution in [3.63, 3.8) is 0 Å². The van der Waals surface area contributed by atoms with Gasteiger partial charge in [-0.15, -0.1) is 5.10 Å². The van der Waals surface area contributed by atoms with Crippen LogP contribution in [0.2, 0.25) is 0 Å². The van der Waals surface area contributed by atoms with Gasteiger partial charge in [0, 0.05) is 39.2 Å². The van der Waals surface area contributed by atoms with Crippen LogP contribution in [0.25, 0.3) is 6.08 Å². The molecule has 1 aromatic carbocycles. The van der Waals surface area contributed by atoms with Crippen LogP contribution in [0.4, 0.5) is 5.82 Å². The molecule has 1 amide bonds. The van der Waals surface area contributed by atoms with Crippen molar-refractivity contribution in [3.8, 4) is 5.75 Å². The van der Waals surface area contributed by atoms with Gasteiger partial charge in [-0.05, 0) is 23.8 Å². The quantitative estimate of drug-likeness (QED) is 0.838. The maximum Gasteiger partial charge on any atom is 0.253 e. The van der Waals surface area contributed by atoms with Gasteiger partial charge in [-0.3, -0.25) is 4.79 Å². The summed E-state index contributed by atoms with van der Waals surface area (Å²) in [5, 5.41) is 8.52. The Hall–Kier alpha value is -2.89. The lowest BCUT2D eigenvalue weighted by Crippen LogP contribution is -2.38. The molecule has 128 valence electrons. The number of anilines is 1. The molecular formula is C19H20N4O2. The number of para-hydroxylation sites is 1. The fraction of sp³-hybridized carbons (Fsp3) is 0.316. The SMILES string of the molecule is CN(C)c1cc2c(nn1)CCN(C(=O)C1=Cc3ccccc3OC1)C2. The van der Waals surface area contributed by atoms with Gasteiger partial charge in [0.1, 0.15) is 12.4 Å². The molecular weight excluding hydrogens is 316 g/mol. The zero-order valence-corrected chi connectivity index (χ0v) is 14.4. The van der Waals surface area contributed by atoms with Gasteiger partial charge in [-0.2, -0.15) is 5.10 Å². The number of nitrogens with zero attached hydrogens (tertiary/aromatic N) is 4. The maximum absolute atomic E-state index is 12.9. The van der Waals surface area contributed by atoms with E-state index < -0.39 is 0 Å². The molecule has 2 aliphatic heterocycles. The van der Waals surface area contributed by atoms with E-state index in [4.69, 9.17) is 4.74 Å². The molecule has 0 unspecified atom stereocenters. The molecule has 0 saturated carbocycles. The third kappa shape index (κ3) is 2.95. The van der Waals surface area contributed by atoms with E-state index in [1.54, 1.807) is 0 Å². The van der Waals surface area contributed by atoms with Crippen molar-refractivity contribution in [2.75, 3.05) is 32.1 Å². The standard InChI is InChI=1S/C19H20N4O2/c1-22(2)18-10-14-11-23(8-7-16(14)20-21-18)19(24)15-9-13-5-3-4-6-17(13)25-12-15/h3-6,9-10H,7-8,11-12H2,1-2H3. The number of fused-ring (bicyclic) bond motifs is 2. The van der Waals surface area contributed by atoms with E-state index in [9.17, 15) is 4.79 Å². The van der Waals surface area contributed by atoms with Crippen LogP contribution in [0, 0.1) is 0 Å². The first-order valence-corrected chi connectivity index (χ1v) is 8.36. The van der Waals surface area contributed by atoms with Crippen LogP contribution < -0.4 is 9.64 Å². The molecule has 1 aromatic heterocycles. The molecule has 6 heteroatoms. The highest BCUT2D eigenvalue weighted by atomic mass is 16.5. The van der Waals surface area contributed by atoms with Crippen LogP contribution in [0.5, 0.6) is 5.75 Å². The van der Waals surface area contributed by atoms with Gasteiger partial charge in [0.2, 0.25) is 0 Å². The molecule has 6 nitrogen and oxygen atoms in total. The third-order valence-electron chi connectivity index (χ3n) is 4.58. The Morgan fingerprint density at radius 1 is 1.24 bits per heavy atom. The van der Waals surface area contributed by atoms with E-state index in [2.05, 4.69) is 10.2 Å². The summed E-state index contributed by atoms with van der Waals surface area (Å²) in [4.78, 5) is 16.7. The van der Waals surface area contributed by atoms with Gasteiger partial charge in [0.15, 0.2) is 5.82 Å². The third-order valence-corrected chi connectivity index (χ3v) is 4.58. The van der Waals surface area contributed by atoms with Gasteiger partial charge in [0.05, 0.1) is 11.3 Å². The lowest BCUT2D eigenvalue weighted by atomic mass is 10.0. The Bertz CT molecular complexity index is 860. The van der Waals surface area contributed by atoms with Gasteiger partial charge in [0.25, 0.3) is 5.91 Å². The molecule has 0 atom stereocenters. The molecule has 0 aliphatic carbocycles. The largest absolute Gasteiger partial charge is 0.488 e. The summed E-state index contributed by atoms with van der Waals surface area (Å²) in [6.07, 6.45) is 2.67. The maximum atomic E-state index is 12.9. The predicted octanol–water partition coefficient (Wildman–Crippen LogP) is 1.90. The van der Waals surface area contributed by atoms with Crippen molar-refractivity contribution in [2.45, 2.75) is 13.0 Å². The molecule has 0 bridgehead atoms. The molecule has 0 radical (unpaired) electrons. The second-order valence-corrected chi connectivity index (χ2v) is 6.54. The van der Waals surface area contributed by atoms with E-state index >= 15 is 0 Å². The monoisotopic (exact) mass is 336 g/mol. The van der Waals surface area contributed by atoms with Crippen molar-refractivity contribution < 1.29 is 9.53 Å². The Balaban J connectivity index is 1.57. The first-order valence-electron chi connectivity index (χ1n) is 8.36. The van der Waals surface area contributed by atoms with Gasteiger partial charge < -0.3 is 14.5 Å². The summed E-state index contributed by atoms with van der Waals surface area (Å²) in [6.45, 7) is 1.53. The highest BCUT2D eigenvalue weighted by Crippen LogP contribution is 2.28. The first-order chi connectivity index (χ1) is 12.1. The first kappa shape index (κ1) is 15.6. The van der Waals surface area contributed by atoms with E-state index in [0.29, 0.717) is 25.3 Å². The van der Waals surface area contributed by atoms with Crippen molar-refractivity contribution in [1.82, 2.24) is 15.1 Å². The van der Waals surface area contributed by atoms with Crippen LogP contribution in [0.15, 0.2) is 35.9 Å². The highest BCUT2D eigenvalue weighted by molar-refractivity contribution is 5.99. The summed E-state index contributed by atoms with van der Waals surface area (Å²) < 4.78 is 5.72. The van der Waals surface area contributed by atoms with E-state index in [0.717, 1.165) is 34.8 Å². The average Bonchev–Trinajstić information content (AvgIpc) is 2.66. The summed E-state index contributed by atoms with van der Waals surface area (Å²) in [5.74, 6) is 1.67. The molecule has 0 saturated heterocycles. The van der Waals surface area contributed by atoms with Gasteiger partial charge in [-0.25, -0.2) is 0 Å². The minimum Gasteiger partial charge on any atom is -0.488 e. The lowest BCUT2D eigenvalue weighted by molar-refractivity contribution is -0.128. The summed E-state index contributed by atoms with van der Waals surface area (Å²) >= 11 is 0. The Kier molecular flexibility index (Phi) is 3.87. The number of rotatable bonds is 2. The van der Waals surface area contributed by atoms with Crippen LogP contribution >= 0.6 is 0 Å². The number of hydrogen-bond acceptors (Lipinski definition) is 5. The fourth-order valence-corrected chi connectivity index (χ4v) is 3.15. The fourth-order valence-electron chi connectivity index (χ4n) is 3.15. The van der Waals surface area contributed by atoms with Crippen LogP contribution in [-0.2, 0) is 17.8 Å². The highest BCUT2D eigenvalue weighted by Gasteiger charge is 2.26. The minimum atomic E-state index is 0.0309. The second kappa shape index (κ2) is 6.20. The molecule has 2 aromatic rings. The van der Waals surface area contributed by atoms with Crippen LogP contribution in [-0.4, -0.2) is 48.3 Å². The Labute approximate surface area is 146 Å². The zero-order chi connectivity index (χ0) is 17.4. The predicted molar refractivity (Wildman–Crippen MR) is 95.4 cm³/mol. The number of hydrogen-bond donors (Lipinski definition) is 0. The van der Waals surface area contributed by atoms with Crippen molar-refractivity contribution in [1.29, 1.82) is 0 Å². The number of carbonyl (C=O) groups excluding carboxylic acids is 1. The topological polar surface area (TPSA) is 58.6 Å². The zero-order valence-electron chi connectivity index (χ0n) is 14.4. The van der Waals surface area contributed by atoms with E-state index in [1.165, 1.54) is 0 Å². The Morgan fingerprint density at radius 2 is 2.08 bits per heavy atom. The van der Waals surface area contributed by atoms with E-state index in [1.807, 2.05) is 60.3 Å². The molecule has 2 aliphatic rings. The number of ether oxygens (including phenoxy) is 1. The smallest absolute Gasteiger partial charge is 0.253 e. The summed E-state index contributed by atoms with van der Waals surface area (Å²) in [7, 11) is 3.87. The molecule has 4 rings (SSSR count). The van der Waals surface area contributed by atoms with Crippen molar-refractivity contribution >= 4 is 17.8 Å². The second-order valence-electron chi connectivity index (χ2n) is 6.54. The number of benzene rings is 1. The van der Waals surface area contributed by atoms with Crippen LogP contribution in [0.3, 0.4) is 0 Å². The van der Waals surface area contributed by atoms with E-state index in [-0.39, 0.29) is 5.91 Å². The molecule has 25 heavy (non-hydrogen) atoms.